The molecule has 0 saturated heterocycles. The van der Waals surface area contributed by atoms with Gasteiger partial charge in [-0.15, -0.1) is 0 Å². The van der Waals surface area contributed by atoms with E-state index in [9.17, 15) is 27.2 Å². The zero-order chi connectivity index (χ0) is 17.7. The lowest BCUT2D eigenvalue weighted by molar-refractivity contribution is -0.137. The second-order valence-electron chi connectivity index (χ2n) is 4.81. The number of nitrogens with one attached hydrogen (secondary N) is 2. The molecule has 2 N–H and O–H groups in total. The largest absolute Gasteiger partial charge is 0.416 e. The van der Waals surface area contributed by atoms with Gasteiger partial charge in [0.1, 0.15) is 5.82 Å². The Kier molecular flexibility index (Phi) is 5.18. The molecule has 4 nitrogen and oxygen atoms in total. The van der Waals surface area contributed by atoms with Gasteiger partial charge in [-0.05, 0) is 24.3 Å². The predicted octanol–water partition coefficient (Wildman–Crippen LogP) is 3.10. The molecule has 0 heterocycles. The third-order valence-corrected chi connectivity index (χ3v) is 3.05. The average Bonchev–Trinajstić information content (AvgIpc) is 2.53. The number of anilines is 1. The van der Waals surface area contributed by atoms with Crippen molar-refractivity contribution >= 4 is 17.5 Å². The van der Waals surface area contributed by atoms with E-state index in [1.807, 2.05) is 0 Å². The minimum Gasteiger partial charge on any atom is -0.344 e. The number of halogens is 4. The lowest BCUT2D eigenvalue weighted by Gasteiger charge is -2.10. The van der Waals surface area contributed by atoms with Gasteiger partial charge in [0.15, 0.2) is 0 Å². The summed E-state index contributed by atoms with van der Waals surface area (Å²) in [6.45, 7) is -0.221. The molecule has 2 aromatic carbocycles. The Balaban J connectivity index is 1.97. The van der Waals surface area contributed by atoms with E-state index in [1.165, 1.54) is 24.3 Å². The van der Waals surface area contributed by atoms with E-state index in [1.54, 1.807) is 6.07 Å². The van der Waals surface area contributed by atoms with Crippen molar-refractivity contribution in [2.45, 2.75) is 12.7 Å². The number of hydrogen-bond donors (Lipinski definition) is 2. The van der Waals surface area contributed by atoms with Crippen LogP contribution >= 0.6 is 0 Å². The van der Waals surface area contributed by atoms with Crippen molar-refractivity contribution in [2.24, 2.45) is 0 Å². The molecule has 24 heavy (non-hydrogen) atoms. The molecule has 0 radical (unpaired) electrons. The van der Waals surface area contributed by atoms with Gasteiger partial charge in [-0.2, -0.15) is 13.2 Å². The molecule has 2 aromatic rings. The molecule has 0 unspecified atom stereocenters. The molecule has 0 saturated carbocycles. The predicted molar refractivity (Wildman–Crippen MR) is 78.3 cm³/mol. The van der Waals surface area contributed by atoms with Crippen LogP contribution in [0.2, 0.25) is 0 Å². The Morgan fingerprint density at radius 2 is 1.67 bits per heavy atom. The van der Waals surface area contributed by atoms with E-state index < -0.39 is 29.4 Å². The smallest absolute Gasteiger partial charge is 0.344 e. The van der Waals surface area contributed by atoms with Crippen LogP contribution in [0.3, 0.4) is 0 Å². The van der Waals surface area contributed by atoms with Crippen LogP contribution in [0.15, 0.2) is 48.5 Å². The molecule has 0 aromatic heterocycles. The molecule has 126 valence electrons. The van der Waals surface area contributed by atoms with Crippen molar-refractivity contribution in [1.29, 1.82) is 0 Å². The first kappa shape index (κ1) is 17.5. The van der Waals surface area contributed by atoms with Gasteiger partial charge in [0, 0.05) is 17.8 Å². The molecule has 2 rings (SSSR count). The highest BCUT2D eigenvalue weighted by molar-refractivity contribution is 6.39. The fourth-order valence-corrected chi connectivity index (χ4v) is 1.86. The number of amides is 2. The summed E-state index contributed by atoms with van der Waals surface area (Å²) in [4.78, 5) is 23.3. The summed E-state index contributed by atoms with van der Waals surface area (Å²) in [5, 5.41) is 4.25. The number of rotatable bonds is 3. The van der Waals surface area contributed by atoms with Gasteiger partial charge in [-0.3, -0.25) is 9.59 Å². The van der Waals surface area contributed by atoms with E-state index in [-0.39, 0.29) is 17.8 Å². The Labute approximate surface area is 134 Å². The second-order valence-corrected chi connectivity index (χ2v) is 4.81. The van der Waals surface area contributed by atoms with Crippen molar-refractivity contribution in [3.05, 3.63) is 65.5 Å². The first-order valence-corrected chi connectivity index (χ1v) is 6.77. The highest BCUT2D eigenvalue weighted by Gasteiger charge is 2.30. The van der Waals surface area contributed by atoms with Gasteiger partial charge in [-0.25, -0.2) is 4.39 Å². The first-order chi connectivity index (χ1) is 11.3. The lowest BCUT2D eigenvalue weighted by atomic mass is 10.2. The topological polar surface area (TPSA) is 58.2 Å². The summed E-state index contributed by atoms with van der Waals surface area (Å²) in [6.07, 6.45) is -4.56. The van der Waals surface area contributed by atoms with Crippen LogP contribution in [0.4, 0.5) is 23.2 Å². The van der Waals surface area contributed by atoms with E-state index in [4.69, 9.17) is 0 Å². The SMILES string of the molecule is O=C(NCc1ccccc1F)C(=O)Nc1cccc(C(F)(F)F)c1. The van der Waals surface area contributed by atoms with E-state index >= 15 is 0 Å². The first-order valence-electron chi connectivity index (χ1n) is 6.77. The van der Waals surface area contributed by atoms with Crippen LogP contribution < -0.4 is 10.6 Å². The van der Waals surface area contributed by atoms with Crippen LogP contribution in [-0.4, -0.2) is 11.8 Å². The summed E-state index contributed by atoms with van der Waals surface area (Å²) in [5.74, 6) is -2.78. The van der Waals surface area contributed by atoms with Gasteiger partial charge in [0.25, 0.3) is 0 Å². The van der Waals surface area contributed by atoms with Crippen molar-refractivity contribution in [2.75, 3.05) is 5.32 Å². The third-order valence-electron chi connectivity index (χ3n) is 3.05. The maximum absolute atomic E-state index is 13.4. The fraction of sp³-hybridized carbons (Fsp3) is 0.125. The van der Waals surface area contributed by atoms with Crippen LogP contribution in [0, 0.1) is 5.82 Å². The molecule has 8 heteroatoms. The van der Waals surface area contributed by atoms with Crippen molar-refractivity contribution < 1.29 is 27.2 Å². The normalized spacial score (nSPS) is 11.0. The minimum absolute atomic E-state index is 0.170. The van der Waals surface area contributed by atoms with E-state index in [0.29, 0.717) is 6.07 Å². The van der Waals surface area contributed by atoms with Crippen LogP contribution in [-0.2, 0) is 22.3 Å². The van der Waals surface area contributed by atoms with Crippen LogP contribution in [0.5, 0.6) is 0 Å². The van der Waals surface area contributed by atoms with Crippen molar-refractivity contribution in [3.8, 4) is 0 Å². The molecule has 0 atom stereocenters. The molecule has 2 amide bonds. The zero-order valence-electron chi connectivity index (χ0n) is 12.2. The molecule has 0 aliphatic heterocycles. The third kappa shape index (κ3) is 4.55. The van der Waals surface area contributed by atoms with Gasteiger partial charge in [-0.1, -0.05) is 24.3 Å². The fourth-order valence-electron chi connectivity index (χ4n) is 1.86. The Hall–Kier alpha value is -2.90. The monoisotopic (exact) mass is 340 g/mol. The molecule has 0 aliphatic rings. The standard InChI is InChI=1S/C16H12F4N2O2/c17-13-7-2-1-4-10(13)9-21-14(23)15(24)22-12-6-3-5-11(8-12)16(18,19)20/h1-8H,9H2,(H,21,23)(H,22,24). The average molecular weight is 340 g/mol. The zero-order valence-corrected chi connectivity index (χ0v) is 12.2. The highest BCUT2D eigenvalue weighted by atomic mass is 19.4. The minimum atomic E-state index is -4.56. The van der Waals surface area contributed by atoms with Crippen LogP contribution in [0.1, 0.15) is 11.1 Å². The molecule has 0 aliphatic carbocycles. The Bertz CT molecular complexity index is 760. The van der Waals surface area contributed by atoms with Gasteiger partial charge >= 0.3 is 18.0 Å². The number of hydrogen-bond acceptors (Lipinski definition) is 2. The van der Waals surface area contributed by atoms with E-state index in [0.717, 1.165) is 12.1 Å². The summed E-state index contributed by atoms with van der Waals surface area (Å²) in [5.41, 5.74) is -0.944. The maximum atomic E-state index is 13.4. The number of alkyl halides is 3. The van der Waals surface area contributed by atoms with E-state index in [2.05, 4.69) is 10.6 Å². The van der Waals surface area contributed by atoms with Gasteiger partial charge in [0.05, 0.1) is 5.56 Å². The lowest BCUT2D eigenvalue weighted by Crippen LogP contribution is -2.35. The summed E-state index contributed by atoms with van der Waals surface area (Å²) < 4.78 is 51.1. The molecule has 0 bridgehead atoms. The number of carbonyl (C=O) groups excluding carboxylic acids is 2. The Morgan fingerprint density at radius 3 is 2.33 bits per heavy atom. The maximum Gasteiger partial charge on any atom is 0.416 e. The Morgan fingerprint density at radius 1 is 0.958 bits per heavy atom. The molecule has 0 spiro atoms. The van der Waals surface area contributed by atoms with Gasteiger partial charge in [0.2, 0.25) is 0 Å². The van der Waals surface area contributed by atoms with Gasteiger partial charge < -0.3 is 10.6 Å². The quantitative estimate of drug-likeness (QED) is 0.666. The summed E-state index contributed by atoms with van der Waals surface area (Å²) in [6, 6.07) is 9.54. The number of benzene rings is 2. The van der Waals surface area contributed by atoms with Crippen molar-refractivity contribution in [3.63, 3.8) is 0 Å². The molecular weight excluding hydrogens is 328 g/mol. The highest BCUT2D eigenvalue weighted by Crippen LogP contribution is 2.30. The van der Waals surface area contributed by atoms with Crippen molar-refractivity contribution in [1.82, 2.24) is 5.32 Å². The molecule has 0 fully saturated rings. The summed E-state index contributed by atoms with van der Waals surface area (Å²) in [7, 11) is 0. The number of carbonyl (C=O) groups is 2. The summed E-state index contributed by atoms with van der Waals surface area (Å²) >= 11 is 0. The second kappa shape index (κ2) is 7.12. The molecular formula is C16H12F4N2O2. The van der Waals surface area contributed by atoms with Crippen LogP contribution in [0.25, 0.3) is 0 Å².